The van der Waals surface area contributed by atoms with E-state index in [0.717, 1.165) is 19.3 Å². The van der Waals surface area contributed by atoms with Crippen LogP contribution in [0.25, 0.3) is 0 Å². The SMILES string of the molecule is N=C(N)CCNC(=O)C1CCCC(N)=N1. The normalized spacial score (nSPS) is 20.5. The molecule has 1 unspecified atom stereocenters. The van der Waals surface area contributed by atoms with Crippen molar-refractivity contribution in [3.05, 3.63) is 0 Å². The third kappa shape index (κ3) is 3.97. The van der Waals surface area contributed by atoms with Crippen molar-refractivity contribution in [2.45, 2.75) is 31.7 Å². The molecule has 0 saturated carbocycles. The second-order valence-corrected chi connectivity index (χ2v) is 3.59. The number of nitrogens with one attached hydrogen (secondary N) is 2. The zero-order chi connectivity index (χ0) is 11.3. The number of hydrogen-bond donors (Lipinski definition) is 4. The molecule has 1 aliphatic heterocycles. The van der Waals surface area contributed by atoms with Gasteiger partial charge in [0.25, 0.3) is 0 Å². The Labute approximate surface area is 88.6 Å². The molecule has 1 heterocycles. The molecule has 84 valence electrons. The summed E-state index contributed by atoms with van der Waals surface area (Å²) in [6.07, 6.45) is 2.79. The largest absolute Gasteiger partial charge is 0.388 e. The topological polar surface area (TPSA) is 117 Å². The molecule has 1 amide bonds. The predicted molar refractivity (Wildman–Crippen MR) is 58.8 cm³/mol. The van der Waals surface area contributed by atoms with Crippen molar-refractivity contribution >= 4 is 17.6 Å². The van der Waals surface area contributed by atoms with Crippen LogP contribution >= 0.6 is 0 Å². The van der Waals surface area contributed by atoms with Gasteiger partial charge in [-0.25, -0.2) is 0 Å². The molecule has 0 spiro atoms. The lowest BCUT2D eigenvalue weighted by molar-refractivity contribution is -0.122. The summed E-state index contributed by atoms with van der Waals surface area (Å²) in [6.45, 7) is 0.389. The molecular weight excluding hydrogens is 194 g/mol. The molecule has 0 saturated heterocycles. The highest BCUT2D eigenvalue weighted by atomic mass is 16.2. The van der Waals surface area contributed by atoms with Gasteiger partial charge >= 0.3 is 0 Å². The number of nitrogens with zero attached hydrogens (tertiary/aromatic N) is 1. The van der Waals surface area contributed by atoms with E-state index < -0.39 is 0 Å². The third-order valence-electron chi connectivity index (χ3n) is 2.23. The molecule has 6 nitrogen and oxygen atoms in total. The Morgan fingerprint density at radius 2 is 2.40 bits per heavy atom. The molecule has 15 heavy (non-hydrogen) atoms. The van der Waals surface area contributed by atoms with Crippen molar-refractivity contribution in [2.75, 3.05) is 6.54 Å². The number of carbonyl (C=O) groups excluding carboxylic acids is 1. The Morgan fingerprint density at radius 1 is 1.67 bits per heavy atom. The van der Waals surface area contributed by atoms with Crippen LogP contribution in [0.2, 0.25) is 0 Å². The van der Waals surface area contributed by atoms with Crippen LogP contribution in [0, 0.1) is 5.41 Å². The summed E-state index contributed by atoms with van der Waals surface area (Å²) in [5.74, 6) is 0.494. The molecule has 0 radical (unpaired) electrons. The van der Waals surface area contributed by atoms with E-state index in [1.807, 2.05) is 0 Å². The Kier molecular flexibility index (Phi) is 4.08. The molecule has 6 heteroatoms. The van der Waals surface area contributed by atoms with Gasteiger partial charge in [0, 0.05) is 19.4 Å². The van der Waals surface area contributed by atoms with E-state index in [-0.39, 0.29) is 17.8 Å². The van der Waals surface area contributed by atoms with Gasteiger partial charge < -0.3 is 16.8 Å². The van der Waals surface area contributed by atoms with Crippen LogP contribution in [-0.4, -0.2) is 30.2 Å². The fourth-order valence-electron chi connectivity index (χ4n) is 1.43. The van der Waals surface area contributed by atoms with E-state index >= 15 is 0 Å². The summed E-state index contributed by atoms with van der Waals surface area (Å²) < 4.78 is 0. The van der Waals surface area contributed by atoms with Gasteiger partial charge in [-0.2, -0.15) is 0 Å². The zero-order valence-corrected chi connectivity index (χ0v) is 8.62. The predicted octanol–water partition coefficient (Wildman–Crippen LogP) is -0.662. The van der Waals surface area contributed by atoms with E-state index in [9.17, 15) is 4.79 Å². The van der Waals surface area contributed by atoms with Crippen molar-refractivity contribution in [2.24, 2.45) is 16.5 Å². The van der Waals surface area contributed by atoms with Gasteiger partial charge in [0.15, 0.2) is 0 Å². The minimum Gasteiger partial charge on any atom is -0.388 e. The van der Waals surface area contributed by atoms with Gasteiger partial charge in [-0.15, -0.1) is 0 Å². The van der Waals surface area contributed by atoms with Gasteiger partial charge in [0.1, 0.15) is 6.04 Å². The number of nitrogens with two attached hydrogens (primary N) is 2. The lowest BCUT2D eigenvalue weighted by atomic mass is 10.1. The number of amides is 1. The Hall–Kier alpha value is -1.59. The van der Waals surface area contributed by atoms with Crippen molar-refractivity contribution < 1.29 is 4.79 Å². The van der Waals surface area contributed by atoms with E-state index in [2.05, 4.69) is 10.3 Å². The maximum Gasteiger partial charge on any atom is 0.244 e. The number of carbonyl (C=O) groups is 1. The summed E-state index contributed by atoms with van der Waals surface area (Å²) >= 11 is 0. The summed E-state index contributed by atoms with van der Waals surface area (Å²) in [5.41, 5.74) is 10.7. The second-order valence-electron chi connectivity index (χ2n) is 3.59. The molecule has 1 aliphatic rings. The number of amidine groups is 2. The van der Waals surface area contributed by atoms with E-state index in [1.54, 1.807) is 0 Å². The van der Waals surface area contributed by atoms with Crippen molar-refractivity contribution in [3.63, 3.8) is 0 Å². The second kappa shape index (κ2) is 5.33. The fraction of sp³-hybridized carbons (Fsp3) is 0.667. The van der Waals surface area contributed by atoms with Crippen LogP contribution < -0.4 is 16.8 Å². The molecule has 0 fully saturated rings. The fourth-order valence-corrected chi connectivity index (χ4v) is 1.43. The Bertz CT molecular complexity index is 286. The lowest BCUT2D eigenvalue weighted by Gasteiger charge is -2.17. The van der Waals surface area contributed by atoms with Crippen LogP contribution in [-0.2, 0) is 4.79 Å². The van der Waals surface area contributed by atoms with Gasteiger partial charge in [0.05, 0.1) is 11.7 Å². The molecule has 6 N–H and O–H groups in total. The summed E-state index contributed by atoms with van der Waals surface area (Å²) in [6, 6.07) is -0.356. The third-order valence-corrected chi connectivity index (χ3v) is 2.23. The monoisotopic (exact) mass is 211 g/mol. The molecule has 1 rings (SSSR count). The van der Waals surface area contributed by atoms with Crippen molar-refractivity contribution in [1.82, 2.24) is 5.32 Å². The molecular formula is C9H17N5O. The molecule has 0 aromatic rings. The van der Waals surface area contributed by atoms with Gasteiger partial charge in [-0.1, -0.05) is 0 Å². The number of rotatable bonds is 4. The van der Waals surface area contributed by atoms with Crippen molar-refractivity contribution in [3.8, 4) is 0 Å². The molecule has 1 atom stereocenters. The first-order chi connectivity index (χ1) is 7.09. The van der Waals surface area contributed by atoms with Crippen LogP contribution in [0.3, 0.4) is 0 Å². The molecule has 0 aromatic heterocycles. The van der Waals surface area contributed by atoms with E-state index in [1.165, 1.54) is 0 Å². The first-order valence-electron chi connectivity index (χ1n) is 5.02. The minimum absolute atomic E-state index is 0.0713. The highest BCUT2D eigenvalue weighted by Gasteiger charge is 2.20. The molecule has 0 bridgehead atoms. The maximum atomic E-state index is 11.5. The van der Waals surface area contributed by atoms with E-state index in [4.69, 9.17) is 16.9 Å². The average Bonchev–Trinajstić information content (AvgIpc) is 2.17. The van der Waals surface area contributed by atoms with Crippen LogP contribution in [0.1, 0.15) is 25.7 Å². The maximum absolute atomic E-state index is 11.5. The zero-order valence-electron chi connectivity index (χ0n) is 8.62. The Balaban J connectivity index is 2.33. The van der Waals surface area contributed by atoms with Gasteiger partial charge in [-0.05, 0) is 12.8 Å². The molecule has 0 aliphatic carbocycles. The average molecular weight is 211 g/mol. The lowest BCUT2D eigenvalue weighted by Crippen LogP contribution is -2.38. The highest BCUT2D eigenvalue weighted by Crippen LogP contribution is 2.11. The summed E-state index contributed by atoms with van der Waals surface area (Å²) in [7, 11) is 0. The van der Waals surface area contributed by atoms with Crippen LogP contribution in [0.5, 0.6) is 0 Å². The van der Waals surface area contributed by atoms with Crippen LogP contribution in [0.15, 0.2) is 4.99 Å². The Morgan fingerprint density at radius 3 is 3.00 bits per heavy atom. The van der Waals surface area contributed by atoms with Gasteiger partial charge in [0.2, 0.25) is 5.91 Å². The van der Waals surface area contributed by atoms with Crippen LogP contribution in [0.4, 0.5) is 0 Å². The smallest absolute Gasteiger partial charge is 0.244 e. The first kappa shape index (κ1) is 11.5. The van der Waals surface area contributed by atoms with Gasteiger partial charge in [-0.3, -0.25) is 15.2 Å². The first-order valence-corrected chi connectivity index (χ1v) is 5.02. The van der Waals surface area contributed by atoms with Crippen molar-refractivity contribution in [1.29, 1.82) is 5.41 Å². The summed E-state index contributed by atoms with van der Waals surface area (Å²) in [5, 5.41) is 9.68. The quantitative estimate of drug-likeness (QED) is 0.365. The number of aliphatic imine (C=N–C) groups is 1. The number of hydrogen-bond acceptors (Lipinski definition) is 4. The summed E-state index contributed by atoms with van der Waals surface area (Å²) in [4.78, 5) is 15.6. The van der Waals surface area contributed by atoms with E-state index in [0.29, 0.717) is 18.8 Å². The molecule has 0 aromatic carbocycles. The standard InChI is InChI=1S/C9H17N5O/c10-7(11)4-5-13-9(15)6-2-1-3-8(12)14-6/h6H,1-5H2,(H3,10,11)(H2,12,14)(H,13,15). The highest BCUT2D eigenvalue weighted by molar-refractivity contribution is 5.88. The minimum atomic E-state index is -0.356.